The molecule has 0 radical (unpaired) electrons. The van der Waals surface area contributed by atoms with Crippen molar-refractivity contribution in [3.63, 3.8) is 0 Å². The second kappa shape index (κ2) is 8.54. The third kappa shape index (κ3) is 3.91. The number of anilines is 2. The SMILES string of the molecule is COc1ccc(C2C(C(=O)Nc3ccccn3)=C(C)Nc3nc(-c4cccnc4)nn32)cc1. The topological polar surface area (TPSA) is 107 Å². The smallest absolute Gasteiger partial charge is 0.257 e. The summed E-state index contributed by atoms with van der Waals surface area (Å²) < 4.78 is 7.04. The first-order valence-electron chi connectivity index (χ1n) is 10.3. The normalized spacial score (nSPS) is 14.9. The summed E-state index contributed by atoms with van der Waals surface area (Å²) in [6.45, 7) is 1.85. The molecule has 1 aliphatic heterocycles. The highest BCUT2D eigenvalue weighted by Crippen LogP contribution is 2.37. The van der Waals surface area contributed by atoms with Crippen LogP contribution in [0.15, 0.2) is 84.5 Å². The van der Waals surface area contributed by atoms with Crippen LogP contribution in [0.4, 0.5) is 11.8 Å². The fourth-order valence-corrected chi connectivity index (χ4v) is 3.78. The third-order valence-electron chi connectivity index (χ3n) is 5.35. The zero-order valence-electron chi connectivity index (χ0n) is 18.1. The first-order valence-corrected chi connectivity index (χ1v) is 10.3. The lowest BCUT2D eigenvalue weighted by Crippen LogP contribution is -2.31. The maximum atomic E-state index is 13.4. The number of hydrogen-bond acceptors (Lipinski definition) is 7. The molecular weight excluding hydrogens is 418 g/mol. The standard InChI is InChI=1S/C24H21N7O2/c1-15-20(23(32)28-19-7-3-4-13-26-19)21(16-8-10-18(33-2)11-9-16)31-24(27-15)29-22(30-31)17-6-5-12-25-14-17/h3-14,21H,1-2H3,(H,26,28,32)(H,27,29,30). The first-order chi connectivity index (χ1) is 16.1. The van der Waals surface area contributed by atoms with Crippen LogP contribution in [-0.2, 0) is 4.79 Å². The molecule has 1 aromatic carbocycles. The van der Waals surface area contributed by atoms with Crippen LogP contribution in [0.25, 0.3) is 11.4 Å². The van der Waals surface area contributed by atoms with Crippen molar-refractivity contribution in [1.29, 1.82) is 0 Å². The van der Waals surface area contributed by atoms with Crippen molar-refractivity contribution in [3.05, 3.63) is 90.0 Å². The number of nitrogens with one attached hydrogen (secondary N) is 2. The van der Waals surface area contributed by atoms with E-state index >= 15 is 0 Å². The fraction of sp³-hybridized carbons (Fsp3) is 0.125. The van der Waals surface area contributed by atoms with Crippen molar-refractivity contribution in [2.45, 2.75) is 13.0 Å². The Morgan fingerprint density at radius 2 is 1.94 bits per heavy atom. The van der Waals surface area contributed by atoms with Gasteiger partial charge in [0.05, 0.1) is 12.7 Å². The van der Waals surface area contributed by atoms with Gasteiger partial charge in [-0.3, -0.25) is 9.78 Å². The summed E-state index contributed by atoms with van der Waals surface area (Å²) in [6.07, 6.45) is 5.04. The molecule has 4 aromatic rings. The van der Waals surface area contributed by atoms with Crippen LogP contribution in [0.3, 0.4) is 0 Å². The molecular formula is C24H21N7O2. The Morgan fingerprint density at radius 1 is 1.09 bits per heavy atom. The summed E-state index contributed by atoms with van der Waals surface area (Å²) in [5.41, 5.74) is 2.85. The molecule has 1 aliphatic rings. The molecule has 164 valence electrons. The Morgan fingerprint density at radius 3 is 2.64 bits per heavy atom. The van der Waals surface area contributed by atoms with Gasteiger partial charge in [0, 0.05) is 29.9 Å². The average molecular weight is 439 g/mol. The van der Waals surface area contributed by atoms with Gasteiger partial charge in [-0.1, -0.05) is 18.2 Å². The molecule has 0 aliphatic carbocycles. The molecule has 33 heavy (non-hydrogen) atoms. The van der Waals surface area contributed by atoms with Crippen molar-refractivity contribution in [2.24, 2.45) is 0 Å². The highest BCUT2D eigenvalue weighted by Gasteiger charge is 2.34. The van der Waals surface area contributed by atoms with Gasteiger partial charge in [-0.25, -0.2) is 9.67 Å². The van der Waals surface area contributed by atoms with E-state index in [1.54, 1.807) is 42.5 Å². The van der Waals surface area contributed by atoms with Gasteiger partial charge in [-0.2, -0.15) is 4.98 Å². The Kier molecular flexibility index (Phi) is 5.27. The van der Waals surface area contributed by atoms with Crippen LogP contribution in [0, 0.1) is 0 Å². The number of pyridine rings is 2. The van der Waals surface area contributed by atoms with E-state index in [-0.39, 0.29) is 5.91 Å². The number of carbonyl (C=O) groups is 1. The summed E-state index contributed by atoms with van der Waals surface area (Å²) >= 11 is 0. The number of allylic oxidation sites excluding steroid dienone is 1. The minimum Gasteiger partial charge on any atom is -0.497 e. The number of nitrogens with zero attached hydrogens (tertiary/aromatic N) is 5. The molecule has 5 rings (SSSR count). The second-order valence-corrected chi connectivity index (χ2v) is 7.45. The number of rotatable bonds is 5. The summed E-state index contributed by atoms with van der Waals surface area (Å²) in [5, 5.41) is 10.9. The number of methoxy groups -OCH3 is 1. The second-order valence-electron chi connectivity index (χ2n) is 7.45. The molecule has 0 spiro atoms. The predicted molar refractivity (Wildman–Crippen MR) is 124 cm³/mol. The van der Waals surface area contributed by atoms with Gasteiger partial charge >= 0.3 is 0 Å². The van der Waals surface area contributed by atoms with Crippen LogP contribution in [0.1, 0.15) is 18.5 Å². The van der Waals surface area contributed by atoms with Gasteiger partial charge < -0.3 is 15.4 Å². The molecule has 4 heterocycles. The Labute approximate surface area is 190 Å². The number of ether oxygens (including phenoxy) is 1. The summed E-state index contributed by atoms with van der Waals surface area (Å²) in [5.74, 6) is 1.98. The molecule has 1 atom stereocenters. The number of hydrogen-bond donors (Lipinski definition) is 2. The Bertz CT molecular complexity index is 1320. The van der Waals surface area contributed by atoms with E-state index in [0.29, 0.717) is 28.9 Å². The maximum absolute atomic E-state index is 13.4. The van der Waals surface area contributed by atoms with E-state index in [9.17, 15) is 4.79 Å². The average Bonchev–Trinajstić information content (AvgIpc) is 3.28. The van der Waals surface area contributed by atoms with Crippen molar-refractivity contribution in [3.8, 4) is 17.1 Å². The number of benzene rings is 1. The highest BCUT2D eigenvalue weighted by molar-refractivity contribution is 6.05. The van der Waals surface area contributed by atoms with Gasteiger partial charge in [-0.05, 0) is 48.9 Å². The molecule has 0 saturated heterocycles. The van der Waals surface area contributed by atoms with Crippen molar-refractivity contribution in [2.75, 3.05) is 17.7 Å². The number of fused-ring (bicyclic) bond motifs is 1. The zero-order chi connectivity index (χ0) is 22.8. The molecule has 9 heteroatoms. The van der Waals surface area contributed by atoms with Gasteiger partial charge in [-0.15, -0.1) is 5.10 Å². The molecule has 3 aromatic heterocycles. The van der Waals surface area contributed by atoms with Gasteiger partial charge in [0.25, 0.3) is 5.91 Å². The Balaban J connectivity index is 1.60. The Hall–Kier alpha value is -4.53. The van der Waals surface area contributed by atoms with Crippen LogP contribution >= 0.6 is 0 Å². The quantitative estimate of drug-likeness (QED) is 0.489. The van der Waals surface area contributed by atoms with Crippen LogP contribution < -0.4 is 15.4 Å². The van der Waals surface area contributed by atoms with E-state index in [4.69, 9.17) is 9.84 Å². The molecule has 0 saturated carbocycles. The highest BCUT2D eigenvalue weighted by atomic mass is 16.5. The summed E-state index contributed by atoms with van der Waals surface area (Å²) in [7, 11) is 1.62. The van der Waals surface area contributed by atoms with Gasteiger partial charge in [0.2, 0.25) is 5.95 Å². The lowest BCUT2D eigenvalue weighted by atomic mass is 9.95. The predicted octanol–water partition coefficient (Wildman–Crippen LogP) is 3.67. The minimum absolute atomic E-state index is 0.274. The van der Waals surface area contributed by atoms with E-state index in [1.807, 2.05) is 49.4 Å². The first kappa shape index (κ1) is 20.4. The van der Waals surface area contributed by atoms with Gasteiger partial charge in [0.15, 0.2) is 5.82 Å². The molecule has 1 amide bonds. The third-order valence-corrected chi connectivity index (χ3v) is 5.35. The van der Waals surface area contributed by atoms with E-state index in [0.717, 1.165) is 16.9 Å². The van der Waals surface area contributed by atoms with E-state index in [2.05, 4.69) is 25.6 Å². The lowest BCUT2D eigenvalue weighted by molar-refractivity contribution is -0.113. The van der Waals surface area contributed by atoms with Crippen LogP contribution in [0.5, 0.6) is 5.75 Å². The summed E-state index contributed by atoms with van der Waals surface area (Å²) in [6, 6.07) is 16.1. The molecule has 2 N–H and O–H groups in total. The van der Waals surface area contributed by atoms with Gasteiger partial charge in [0.1, 0.15) is 17.6 Å². The maximum Gasteiger partial charge on any atom is 0.257 e. The molecule has 0 fully saturated rings. The largest absolute Gasteiger partial charge is 0.497 e. The van der Waals surface area contributed by atoms with Crippen molar-refractivity contribution in [1.82, 2.24) is 24.7 Å². The monoisotopic (exact) mass is 439 g/mol. The minimum atomic E-state index is -0.506. The zero-order valence-corrected chi connectivity index (χ0v) is 18.1. The lowest BCUT2D eigenvalue weighted by Gasteiger charge is -2.28. The van der Waals surface area contributed by atoms with Crippen LogP contribution in [-0.4, -0.2) is 37.7 Å². The number of amides is 1. The van der Waals surface area contributed by atoms with E-state index < -0.39 is 6.04 Å². The number of aromatic nitrogens is 5. The van der Waals surface area contributed by atoms with Crippen LogP contribution in [0.2, 0.25) is 0 Å². The fourth-order valence-electron chi connectivity index (χ4n) is 3.78. The van der Waals surface area contributed by atoms with E-state index in [1.165, 1.54) is 0 Å². The molecule has 0 bridgehead atoms. The van der Waals surface area contributed by atoms with Crippen molar-refractivity contribution >= 4 is 17.7 Å². The molecule has 9 nitrogen and oxygen atoms in total. The summed E-state index contributed by atoms with van der Waals surface area (Å²) in [4.78, 5) is 26.5. The van der Waals surface area contributed by atoms with Crippen molar-refractivity contribution < 1.29 is 9.53 Å². The number of carbonyl (C=O) groups excluding carboxylic acids is 1. The molecule has 1 unspecified atom stereocenters.